The number of halogens is 3. The van der Waals surface area contributed by atoms with Crippen LogP contribution < -0.4 is 15.8 Å². The molecule has 0 radical (unpaired) electrons. The number of anilines is 1. The van der Waals surface area contributed by atoms with Crippen molar-refractivity contribution in [2.24, 2.45) is 5.73 Å². The summed E-state index contributed by atoms with van der Waals surface area (Å²) in [6.45, 7) is 3.18. The largest absolute Gasteiger partial charge is 0.456 e. The average molecular weight is 478 g/mol. The van der Waals surface area contributed by atoms with E-state index >= 15 is 0 Å². The fourth-order valence-corrected chi connectivity index (χ4v) is 3.71. The predicted molar refractivity (Wildman–Crippen MR) is 126 cm³/mol. The van der Waals surface area contributed by atoms with Crippen molar-refractivity contribution >= 4 is 16.6 Å². The Labute approximate surface area is 197 Å². The number of alkyl halides is 3. The molecule has 0 bridgehead atoms. The number of pyridine rings is 1. The van der Waals surface area contributed by atoms with E-state index in [4.69, 9.17) is 24.9 Å². The summed E-state index contributed by atoms with van der Waals surface area (Å²) in [5.41, 5.74) is 7.68. The molecule has 0 aliphatic carbocycles. The highest BCUT2D eigenvalue weighted by molar-refractivity contribution is 5.96. The molecule has 3 N–H and O–H groups in total. The summed E-state index contributed by atoms with van der Waals surface area (Å²) in [5, 5.41) is 4.14. The zero-order chi connectivity index (χ0) is 24.7. The molecule has 3 aromatic rings. The van der Waals surface area contributed by atoms with Gasteiger partial charge >= 0.3 is 6.18 Å². The Morgan fingerprint density at radius 3 is 2.50 bits per heavy atom. The van der Waals surface area contributed by atoms with Crippen LogP contribution in [-0.4, -0.2) is 31.8 Å². The van der Waals surface area contributed by atoms with E-state index in [0.29, 0.717) is 35.4 Å². The molecule has 34 heavy (non-hydrogen) atoms. The van der Waals surface area contributed by atoms with Gasteiger partial charge in [-0.15, -0.1) is 0 Å². The van der Waals surface area contributed by atoms with Gasteiger partial charge in [0.1, 0.15) is 11.5 Å². The van der Waals surface area contributed by atoms with E-state index < -0.39 is 11.7 Å². The third kappa shape index (κ3) is 6.37. The number of rotatable bonds is 11. The second-order valence-corrected chi connectivity index (χ2v) is 8.08. The minimum absolute atomic E-state index is 0.0754. The first-order valence-electron chi connectivity index (χ1n) is 11.0. The minimum Gasteiger partial charge on any atom is -0.456 e. The Balaban J connectivity index is 2.13. The van der Waals surface area contributed by atoms with Crippen LogP contribution in [-0.2, 0) is 28.9 Å². The van der Waals surface area contributed by atoms with Gasteiger partial charge in [-0.2, -0.15) is 13.2 Å². The molecule has 1 atom stereocenters. The second kappa shape index (κ2) is 11.5. The van der Waals surface area contributed by atoms with Crippen LogP contribution in [0.15, 0.2) is 42.5 Å². The van der Waals surface area contributed by atoms with Crippen LogP contribution in [0.25, 0.3) is 10.9 Å². The first kappa shape index (κ1) is 25.7. The van der Waals surface area contributed by atoms with E-state index in [1.54, 1.807) is 14.2 Å². The lowest BCUT2D eigenvalue weighted by molar-refractivity contribution is -0.137. The number of methoxy groups -OCH3 is 2. The first-order valence-corrected chi connectivity index (χ1v) is 11.0. The van der Waals surface area contributed by atoms with Gasteiger partial charge in [0.15, 0.2) is 0 Å². The average Bonchev–Trinajstić information content (AvgIpc) is 2.80. The summed E-state index contributed by atoms with van der Waals surface area (Å²) in [6.07, 6.45) is -2.73. The first-order chi connectivity index (χ1) is 16.3. The van der Waals surface area contributed by atoms with Crippen LogP contribution in [0.1, 0.15) is 36.6 Å². The summed E-state index contributed by atoms with van der Waals surface area (Å²) in [5.74, 6) is 0.472. The molecule has 0 saturated carbocycles. The molecule has 2 aromatic carbocycles. The summed E-state index contributed by atoms with van der Waals surface area (Å²) < 4.78 is 56.3. The van der Waals surface area contributed by atoms with Crippen molar-refractivity contribution in [1.82, 2.24) is 4.98 Å². The SMILES string of the molecule is COCc1ccc2c(Oc3cccc(C(F)(F)F)c3)c(COC)cc(NC(C)CCCN)c2n1. The number of nitrogens with zero attached hydrogens (tertiary/aromatic N) is 1. The molecule has 184 valence electrons. The lowest BCUT2D eigenvalue weighted by Gasteiger charge is -2.21. The molecule has 0 saturated heterocycles. The number of fused-ring (bicyclic) bond motifs is 1. The number of benzene rings is 2. The number of hydrogen-bond acceptors (Lipinski definition) is 6. The highest BCUT2D eigenvalue weighted by Gasteiger charge is 2.30. The number of nitrogens with one attached hydrogen (secondary N) is 1. The minimum atomic E-state index is -4.47. The standard InChI is InChI=1S/C25H30F3N3O3/c1-16(6-5-11-29)30-22-12-17(14-32-2)24(21-10-9-19(15-33-3)31-23(21)22)34-20-8-4-7-18(13-20)25(26,27)28/h4,7-10,12-13,16,30H,5-6,11,14-15,29H2,1-3H3. The molecule has 1 heterocycles. The lowest BCUT2D eigenvalue weighted by atomic mass is 10.0. The van der Waals surface area contributed by atoms with E-state index in [2.05, 4.69) is 12.2 Å². The zero-order valence-electron chi connectivity index (χ0n) is 19.5. The smallest absolute Gasteiger partial charge is 0.416 e. The molecule has 0 aliphatic heterocycles. The molecular formula is C25H30F3N3O3. The van der Waals surface area contributed by atoms with Crippen molar-refractivity contribution in [3.8, 4) is 11.5 Å². The molecule has 0 amide bonds. The molecule has 9 heteroatoms. The van der Waals surface area contributed by atoms with Crippen LogP contribution in [0.2, 0.25) is 0 Å². The van der Waals surface area contributed by atoms with Gasteiger partial charge in [0.25, 0.3) is 0 Å². The molecule has 3 rings (SSSR count). The van der Waals surface area contributed by atoms with Gasteiger partial charge in [0.2, 0.25) is 0 Å². The van der Waals surface area contributed by atoms with Crippen LogP contribution in [0.5, 0.6) is 11.5 Å². The molecule has 0 fully saturated rings. The topological polar surface area (TPSA) is 78.6 Å². The van der Waals surface area contributed by atoms with Crippen LogP contribution in [0, 0.1) is 0 Å². The van der Waals surface area contributed by atoms with Crippen molar-refractivity contribution in [1.29, 1.82) is 0 Å². The van der Waals surface area contributed by atoms with Crippen molar-refractivity contribution in [2.45, 2.75) is 45.2 Å². The molecule has 1 unspecified atom stereocenters. The Hall–Kier alpha value is -2.88. The van der Waals surface area contributed by atoms with Crippen LogP contribution in [0.4, 0.5) is 18.9 Å². The Bertz CT molecular complexity index is 1110. The highest BCUT2D eigenvalue weighted by Crippen LogP contribution is 2.39. The highest BCUT2D eigenvalue weighted by atomic mass is 19.4. The summed E-state index contributed by atoms with van der Waals surface area (Å²) in [4.78, 5) is 4.75. The number of hydrogen-bond donors (Lipinski definition) is 2. The maximum Gasteiger partial charge on any atom is 0.416 e. The van der Waals surface area contributed by atoms with Crippen molar-refractivity contribution in [3.63, 3.8) is 0 Å². The molecule has 1 aromatic heterocycles. The molecule has 0 aliphatic rings. The van der Waals surface area contributed by atoms with E-state index in [1.165, 1.54) is 12.1 Å². The third-order valence-electron chi connectivity index (χ3n) is 5.28. The van der Waals surface area contributed by atoms with Gasteiger partial charge in [-0.3, -0.25) is 0 Å². The predicted octanol–water partition coefficient (Wildman–Crippen LogP) is 5.88. The Morgan fingerprint density at radius 1 is 1.06 bits per heavy atom. The monoisotopic (exact) mass is 477 g/mol. The second-order valence-electron chi connectivity index (χ2n) is 8.08. The van der Waals surface area contributed by atoms with Crippen molar-refractivity contribution < 1.29 is 27.4 Å². The normalized spacial score (nSPS) is 12.7. The Kier molecular flexibility index (Phi) is 8.71. The maximum atomic E-state index is 13.2. The fraction of sp³-hybridized carbons (Fsp3) is 0.400. The summed E-state index contributed by atoms with van der Waals surface area (Å²) >= 11 is 0. The summed E-state index contributed by atoms with van der Waals surface area (Å²) in [6, 6.07) is 10.5. The maximum absolute atomic E-state index is 13.2. The van der Waals surface area contributed by atoms with Gasteiger partial charge in [0.05, 0.1) is 35.7 Å². The van der Waals surface area contributed by atoms with Gasteiger partial charge in [-0.1, -0.05) is 6.07 Å². The van der Waals surface area contributed by atoms with Gasteiger partial charge < -0.3 is 25.3 Å². The molecule has 6 nitrogen and oxygen atoms in total. The number of ether oxygens (including phenoxy) is 3. The van der Waals surface area contributed by atoms with Gasteiger partial charge in [0, 0.05) is 31.2 Å². The van der Waals surface area contributed by atoms with E-state index in [-0.39, 0.29) is 18.4 Å². The summed E-state index contributed by atoms with van der Waals surface area (Å²) in [7, 11) is 3.14. The Morgan fingerprint density at radius 2 is 1.82 bits per heavy atom. The van der Waals surface area contributed by atoms with E-state index in [0.717, 1.165) is 36.4 Å². The molecular weight excluding hydrogens is 447 g/mol. The number of aromatic nitrogens is 1. The van der Waals surface area contributed by atoms with Crippen molar-refractivity contribution in [3.05, 3.63) is 59.3 Å². The lowest BCUT2D eigenvalue weighted by Crippen LogP contribution is -2.17. The van der Waals surface area contributed by atoms with E-state index in [9.17, 15) is 13.2 Å². The van der Waals surface area contributed by atoms with Crippen LogP contribution >= 0.6 is 0 Å². The van der Waals surface area contributed by atoms with Gasteiger partial charge in [-0.25, -0.2) is 4.98 Å². The van der Waals surface area contributed by atoms with E-state index in [1.807, 2.05) is 18.2 Å². The third-order valence-corrected chi connectivity index (χ3v) is 5.28. The number of nitrogens with two attached hydrogens (primary N) is 1. The fourth-order valence-electron chi connectivity index (χ4n) is 3.71. The molecule has 0 spiro atoms. The van der Waals surface area contributed by atoms with Crippen molar-refractivity contribution in [2.75, 3.05) is 26.1 Å². The zero-order valence-corrected chi connectivity index (χ0v) is 19.5. The van der Waals surface area contributed by atoms with Crippen LogP contribution in [0.3, 0.4) is 0 Å². The van der Waals surface area contributed by atoms with Gasteiger partial charge in [-0.05, 0) is 62.7 Å². The quantitative estimate of drug-likeness (QED) is 0.359.